The van der Waals surface area contributed by atoms with Gasteiger partial charge in [-0.3, -0.25) is 4.79 Å². The van der Waals surface area contributed by atoms with Crippen LogP contribution in [0.1, 0.15) is 37.0 Å². The molecule has 2 N–H and O–H groups in total. The number of rotatable bonds is 1. The van der Waals surface area contributed by atoms with Crippen LogP contribution in [0.5, 0.6) is 0 Å². The van der Waals surface area contributed by atoms with Gasteiger partial charge in [0, 0.05) is 4.88 Å². The highest BCUT2D eigenvalue weighted by atomic mass is 32.1. The molecule has 1 fully saturated rings. The van der Waals surface area contributed by atoms with Gasteiger partial charge in [-0.1, -0.05) is 25.3 Å². The first kappa shape index (κ1) is 10.8. The molecule has 1 aliphatic heterocycles. The summed E-state index contributed by atoms with van der Waals surface area (Å²) in [7, 11) is 0. The second kappa shape index (κ2) is 3.88. The van der Waals surface area contributed by atoms with Crippen molar-refractivity contribution < 1.29 is 9.90 Å². The van der Waals surface area contributed by atoms with Crippen molar-refractivity contribution in [3.05, 3.63) is 28.1 Å². The zero-order valence-electron chi connectivity index (χ0n) is 9.53. The monoisotopic (exact) mass is 249 g/mol. The van der Waals surface area contributed by atoms with Crippen molar-refractivity contribution in [3.8, 4) is 0 Å². The lowest BCUT2D eigenvalue weighted by Crippen LogP contribution is -2.46. The van der Waals surface area contributed by atoms with E-state index in [-0.39, 0.29) is 11.7 Å². The standard InChI is InChI=1S/C13H15NO2S/c15-11-10(9-5-4-8-17-9)12(16)14-13(11)6-2-1-3-7-13/h4-5,8,15H,1-3,6-7H2,(H,14,16). The third-order valence-electron chi connectivity index (χ3n) is 3.74. The Kier molecular flexibility index (Phi) is 2.47. The second-order valence-electron chi connectivity index (χ2n) is 4.80. The van der Waals surface area contributed by atoms with Crippen molar-refractivity contribution in [2.24, 2.45) is 0 Å². The first-order chi connectivity index (χ1) is 8.23. The number of aliphatic hydroxyl groups is 1. The molecule has 2 aliphatic rings. The molecule has 1 aromatic heterocycles. The maximum Gasteiger partial charge on any atom is 0.257 e. The molecule has 1 saturated carbocycles. The van der Waals surface area contributed by atoms with E-state index >= 15 is 0 Å². The van der Waals surface area contributed by atoms with Gasteiger partial charge in [-0.05, 0) is 24.3 Å². The smallest absolute Gasteiger partial charge is 0.257 e. The van der Waals surface area contributed by atoms with Crippen molar-refractivity contribution in [1.29, 1.82) is 0 Å². The minimum Gasteiger partial charge on any atom is -0.509 e. The molecule has 3 nitrogen and oxygen atoms in total. The summed E-state index contributed by atoms with van der Waals surface area (Å²) in [6, 6.07) is 3.79. The molecular weight excluding hydrogens is 234 g/mol. The molecular formula is C13H15NO2S. The molecule has 2 heterocycles. The Morgan fingerprint density at radius 2 is 2.06 bits per heavy atom. The largest absolute Gasteiger partial charge is 0.509 e. The summed E-state index contributed by atoms with van der Waals surface area (Å²) in [5.74, 6) is 0.150. The predicted molar refractivity (Wildman–Crippen MR) is 67.8 cm³/mol. The van der Waals surface area contributed by atoms with Crippen molar-refractivity contribution in [1.82, 2.24) is 5.32 Å². The van der Waals surface area contributed by atoms with Crippen LogP contribution in [0.25, 0.3) is 5.57 Å². The molecule has 17 heavy (non-hydrogen) atoms. The molecule has 0 saturated heterocycles. The SMILES string of the molecule is O=C1NC2(CCCCC2)C(O)=C1c1cccs1. The van der Waals surface area contributed by atoms with E-state index < -0.39 is 5.54 Å². The quantitative estimate of drug-likeness (QED) is 0.804. The maximum atomic E-state index is 12.0. The summed E-state index contributed by atoms with van der Waals surface area (Å²) in [5, 5.41) is 15.3. The molecule has 0 atom stereocenters. The van der Waals surface area contributed by atoms with E-state index in [9.17, 15) is 9.90 Å². The van der Waals surface area contributed by atoms with Crippen LogP contribution in [0.2, 0.25) is 0 Å². The molecule has 0 bridgehead atoms. The van der Waals surface area contributed by atoms with Gasteiger partial charge in [0.05, 0.1) is 11.1 Å². The van der Waals surface area contributed by atoms with Crippen LogP contribution < -0.4 is 5.32 Å². The second-order valence-corrected chi connectivity index (χ2v) is 5.75. The predicted octanol–water partition coefficient (Wildman–Crippen LogP) is 2.85. The van der Waals surface area contributed by atoms with E-state index in [2.05, 4.69) is 5.32 Å². The lowest BCUT2D eigenvalue weighted by Gasteiger charge is -2.33. The first-order valence-corrected chi connectivity index (χ1v) is 6.91. The highest BCUT2D eigenvalue weighted by Gasteiger charge is 2.46. The Morgan fingerprint density at radius 3 is 2.71 bits per heavy atom. The molecule has 1 spiro atoms. The molecule has 3 rings (SSSR count). The Labute approximate surface area is 104 Å². The third-order valence-corrected chi connectivity index (χ3v) is 4.63. The number of aliphatic hydroxyl groups excluding tert-OH is 1. The van der Waals surface area contributed by atoms with Gasteiger partial charge in [-0.15, -0.1) is 11.3 Å². The number of hydrogen-bond donors (Lipinski definition) is 2. The minimum atomic E-state index is -0.464. The minimum absolute atomic E-state index is 0.119. The van der Waals surface area contributed by atoms with Crippen LogP contribution in [0.15, 0.2) is 23.3 Å². The van der Waals surface area contributed by atoms with Gasteiger partial charge in [0.25, 0.3) is 5.91 Å². The molecule has 0 unspecified atom stereocenters. The van der Waals surface area contributed by atoms with Gasteiger partial charge in [-0.2, -0.15) is 0 Å². The van der Waals surface area contributed by atoms with E-state index in [1.165, 1.54) is 17.8 Å². The number of carbonyl (C=O) groups excluding carboxylic acids is 1. The van der Waals surface area contributed by atoms with Gasteiger partial charge in [-0.25, -0.2) is 0 Å². The van der Waals surface area contributed by atoms with E-state index in [1.54, 1.807) is 0 Å². The van der Waals surface area contributed by atoms with Crippen LogP contribution in [0, 0.1) is 0 Å². The Morgan fingerprint density at radius 1 is 1.29 bits per heavy atom. The van der Waals surface area contributed by atoms with Crippen molar-refractivity contribution >= 4 is 22.8 Å². The van der Waals surface area contributed by atoms with E-state index in [0.29, 0.717) is 5.57 Å². The van der Waals surface area contributed by atoms with Crippen molar-refractivity contribution in [2.45, 2.75) is 37.6 Å². The molecule has 90 valence electrons. The van der Waals surface area contributed by atoms with Gasteiger partial charge in [0.15, 0.2) is 0 Å². The number of carbonyl (C=O) groups is 1. The third kappa shape index (κ3) is 1.59. The van der Waals surface area contributed by atoms with Gasteiger partial charge < -0.3 is 10.4 Å². The first-order valence-electron chi connectivity index (χ1n) is 6.03. The van der Waals surface area contributed by atoms with Gasteiger partial charge in [0.1, 0.15) is 5.76 Å². The van der Waals surface area contributed by atoms with Crippen LogP contribution >= 0.6 is 11.3 Å². The molecule has 0 aromatic carbocycles. The molecule has 1 amide bonds. The Hall–Kier alpha value is -1.29. The number of thiophene rings is 1. The van der Waals surface area contributed by atoms with Crippen LogP contribution in [-0.4, -0.2) is 16.6 Å². The number of nitrogens with one attached hydrogen (secondary N) is 1. The van der Waals surface area contributed by atoms with Gasteiger partial charge in [0.2, 0.25) is 0 Å². The topological polar surface area (TPSA) is 49.3 Å². The van der Waals surface area contributed by atoms with Crippen LogP contribution in [0.3, 0.4) is 0 Å². The summed E-state index contributed by atoms with van der Waals surface area (Å²) in [5.41, 5.74) is 0.0242. The zero-order valence-corrected chi connectivity index (χ0v) is 10.3. The zero-order chi connectivity index (χ0) is 11.9. The normalized spacial score (nSPS) is 23.2. The fraction of sp³-hybridized carbons (Fsp3) is 0.462. The lowest BCUT2D eigenvalue weighted by molar-refractivity contribution is -0.116. The summed E-state index contributed by atoms with van der Waals surface area (Å²) >= 11 is 1.50. The van der Waals surface area contributed by atoms with Crippen LogP contribution in [0.4, 0.5) is 0 Å². The lowest BCUT2D eigenvalue weighted by atomic mass is 9.81. The molecule has 0 radical (unpaired) electrons. The Balaban J connectivity index is 2.04. The summed E-state index contributed by atoms with van der Waals surface area (Å²) in [6.45, 7) is 0. The fourth-order valence-electron chi connectivity index (χ4n) is 2.85. The average Bonchev–Trinajstić information content (AvgIpc) is 2.90. The highest BCUT2D eigenvalue weighted by molar-refractivity contribution is 7.11. The maximum absolute atomic E-state index is 12.0. The summed E-state index contributed by atoms with van der Waals surface area (Å²) < 4.78 is 0. The summed E-state index contributed by atoms with van der Waals surface area (Å²) in [6.07, 6.45) is 5.06. The Bertz CT molecular complexity index is 470. The summed E-state index contributed by atoms with van der Waals surface area (Å²) in [4.78, 5) is 12.9. The van der Waals surface area contributed by atoms with E-state index in [4.69, 9.17) is 0 Å². The average molecular weight is 249 g/mol. The fourth-order valence-corrected chi connectivity index (χ4v) is 3.62. The molecule has 1 aromatic rings. The molecule has 4 heteroatoms. The highest BCUT2D eigenvalue weighted by Crippen LogP contribution is 2.41. The van der Waals surface area contributed by atoms with E-state index in [1.807, 2.05) is 17.5 Å². The number of hydrogen-bond acceptors (Lipinski definition) is 3. The van der Waals surface area contributed by atoms with Crippen LogP contribution in [-0.2, 0) is 4.79 Å². The van der Waals surface area contributed by atoms with Crippen molar-refractivity contribution in [3.63, 3.8) is 0 Å². The van der Waals surface area contributed by atoms with Gasteiger partial charge >= 0.3 is 0 Å². The van der Waals surface area contributed by atoms with Crippen molar-refractivity contribution in [2.75, 3.05) is 0 Å². The number of amides is 1. The van der Waals surface area contributed by atoms with E-state index in [0.717, 1.165) is 30.6 Å². The molecule has 1 aliphatic carbocycles.